The van der Waals surface area contributed by atoms with E-state index in [9.17, 15) is 5.11 Å². The zero-order valence-electron chi connectivity index (χ0n) is 6.47. The van der Waals surface area contributed by atoms with Crippen molar-refractivity contribution < 1.29 is 5.11 Å². The second-order valence-corrected chi connectivity index (χ2v) is 5.46. The van der Waals surface area contributed by atoms with Gasteiger partial charge in [-0.1, -0.05) is 0 Å². The predicted octanol–water partition coefficient (Wildman–Crippen LogP) is 2.22. The Labute approximate surface area is 78.4 Å². The second-order valence-electron chi connectivity index (χ2n) is 3.07. The van der Waals surface area contributed by atoms with Crippen LogP contribution in [0.1, 0.15) is 18.7 Å². The van der Waals surface area contributed by atoms with Gasteiger partial charge in [0, 0.05) is 17.5 Å². The topological polar surface area (TPSA) is 33.1 Å². The van der Waals surface area contributed by atoms with E-state index in [1.807, 2.05) is 0 Å². The minimum Gasteiger partial charge on any atom is -0.390 e. The first-order valence-electron chi connectivity index (χ1n) is 3.30. The Balaban J connectivity index is 2.65. The van der Waals surface area contributed by atoms with E-state index >= 15 is 0 Å². The molecule has 0 saturated carbocycles. The SMILES string of the molecule is CC(C)(O)Cc1cnc(Br)s1. The molecule has 0 bridgehead atoms. The first kappa shape index (κ1) is 9.16. The average Bonchev–Trinajstić information content (AvgIpc) is 2.10. The van der Waals surface area contributed by atoms with Gasteiger partial charge in [-0.25, -0.2) is 4.98 Å². The lowest BCUT2D eigenvalue weighted by Crippen LogP contribution is -2.21. The van der Waals surface area contributed by atoms with Crippen molar-refractivity contribution in [2.45, 2.75) is 25.9 Å². The average molecular weight is 236 g/mol. The van der Waals surface area contributed by atoms with Crippen LogP contribution in [0.4, 0.5) is 0 Å². The van der Waals surface area contributed by atoms with Gasteiger partial charge in [0.05, 0.1) is 5.60 Å². The van der Waals surface area contributed by atoms with E-state index in [2.05, 4.69) is 20.9 Å². The van der Waals surface area contributed by atoms with Crippen LogP contribution in [-0.2, 0) is 6.42 Å². The fraction of sp³-hybridized carbons (Fsp3) is 0.571. The molecule has 1 aromatic heterocycles. The second kappa shape index (κ2) is 3.21. The minimum absolute atomic E-state index is 0.633. The van der Waals surface area contributed by atoms with E-state index in [0.29, 0.717) is 6.42 Å². The lowest BCUT2D eigenvalue weighted by atomic mass is 10.1. The number of nitrogens with zero attached hydrogens (tertiary/aromatic N) is 1. The van der Waals surface area contributed by atoms with Crippen LogP contribution in [0.3, 0.4) is 0 Å². The molecule has 1 N–H and O–H groups in total. The molecular weight excluding hydrogens is 226 g/mol. The Bertz CT molecular complexity index is 241. The zero-order valence-corrected chi connectivity index (χ0v) is 8.87. The summed E-state index contributed by atoms with van der Waals surface area (Å²) in [6.07, 6.45) is 2.45. The molecule has 0 amide bonds. The molecule has 0 radical (unpaired) electrons. The fourth-order valence-corrected chi connectivity index (χ4v) is 2.37. The van der Waals surface area contributed by atoms with Crippen molar-refractivity contribution in [2.24, 2.45) is 0 Å². The highest BCUT2D eigenvalue weighted by Gasteiger charge is 2.14. The zero-order chi connectivity index (χ0) is 8.48. The number of aliphatic hydroxyl groups is 1. The quantitative estimate of drug-likeness (QED) is 0.854. The van der Waals surface area contributed by atoms with Crippen molar-refractivity contribution in [1.29, 1.82) is 0 Å². The van der Waals surface area contributed by atoms with Crippen LogP contribution >= 0.6 is 27.3 Å². The molecular formula is C7H10BrNOS. The number of hydrogen-bond acceptors (Lipinski definition) is 3. The largest absolute Gasteiger partial charge is 0.390 e. The Morgan fingerprint density at radius 2 is 2.36 bits per heavy atom. The number of halogens is 1. The van der Waals surface area contributed by atoms with Crippen LogP contribution in [0.25, 0.3) is 0 Å². The van der Waals surface area contributed by atoms with Gasteiger partial charge in [-0.2, -0.15) is 0 Å². The Morgan fingerprint density at radius 3 is 2.73 bits per heavy atom. The molecule has 2 nitrogen and oxygen atoms in total. The summed E-state index contributed by atoms with van der Waals surface area (Å²) in [5, 5.41) is 9.44. The molecule has 0 atom stereocenters. The molecule has 0 aliphatic rings. The molecule has 0 aliphatic carbocycles. The third kappa shape index (κ3) is 3.31. The lowest BCUT2D eigenvalue weighted by molar-refractivity contribution is 0.0818. The number of thiazole rings is 1. The summed E-state index contributed by atoms with van der Waals surface area (Å²) in [6.45, 7) is 3.58. The Morgan fingerprint density at radius 1 is 1.73 bits per heavy atom. The molecule has 11 heavy (non-hydrogen) atoms. The predicted molar refractivity (Wildman–Crippen MR) is 49.8 cm³/mol. The lowest BCUT2D eigenvalue weighted by Gasteiger charge is -2.14. The molecule has 4 heteroatoms. The van der Waals surface area contributed by atoms with Gasteiger partial charge < -0.3 is 5.11 Å². The molecule has 0 unspecified atom stereocenters. The third-order valence-corrected chi connectivity index (χ3v) is 2.61. The normalized spacial score (nSPS) is 12.0. The van der Waals surface area contributed by atoms with Gasteiger partial charge in [0.15, 0.2) is 3.92 Å². The van der Waals surface area contributed by atoms with Crippen LogP contribution in [0.5, 0.6) is 0 Å². The van der Waals surface area contributed by atoms with Crippen LogP contribution in [0, 0.1) is 0 Å². The monoisotopic (exact) mass is 235 g/mol. The first-order chi connectivity index (χ1) is 4.97. The maximum atomic E-state index is 9.44. The van der Waals surface area contributed by atoms with E-state index in [4.69, 9.17) is 0 Å². The van der Waals surface area contributed by atoms with Gasteiger partial charge in [0.25, 0.3) is 0 Å². The standard InChI is InChI=1S/C7H10BrNOS/c1-7(2,10)3-5-4-9-6(8)11-5/h4,10H,3H2,1-2H3. The fourth-order valence-electron chi connectivity index (χ4n) is 0.792. The summed E-state index contributed by atoms with van der Waals surface area (Å²) >= 11 is 4.83. The van der Waals surface area contributed by atoms with E-state index in [-0.39, 0.29) is 0 Å². The molecule has 1 aromatic rings. The number of rotatable bonds is 2. The van der Waals surface area contributed by atoms with Crippen LogP contribution in [0.15, 0.2) is 10.1 Å². The summed E-state index contributed by atoms with van der Waals surface area (Å²) in [6, 6.07) is 0. The van der Waals surface area contributed by atoms with Gasteiger partial charge in [-0.3, -0.25) is 0 Å². The van der Waals surface area contributed by atoms with Crippen LogP contribution in [0.2, 0.25) is 0 Å². The first-order valence-corrected chi connectivity index (χ1v) is 4.91. The van der Waals surface area contributed by atoms with E-state index in [1.54, 1.807) is 31.4 Å². The third-order valence-electron chi connectivity index (χ3n) is 1.13. The summed E-state index contributed by atoms with van der Waals surface area (Å²) in [5.74, 6) is 0. The summed E-state index contributed by atoms with van der Waals surface area (Å²) in [5.41, 5.74) is -0.633. The van der Waals surface area contributed by atoms with Gasteiger partial charge in [0.2, 0.25) is 0 Å². The van der Waals surface area contributed by atoms with Gasteiger partial charge in [-0.05, 0) is 29.8 Å². The highest BCUT2D eigenvalue weighted by molar-refractivity contribution is 9.11. The van der Waals surface area contributed by atoms with E-state index in [0.717, 1.165) is 8.79 Å². The van der Waals surface area contributed by atoms with Crippen molar-refractivity contribution in [3.05, 3.63) is 15.0 Å². The van der Waals surface area contributed by atoms with E-state index < -0.39 is 5.60 Å². The van der Waals surface area contributed by atoms with Crippen molar-refractivity contribution in [3.8, 4) is 0 Å². The van der Waals surface area contributed by atoms with Gasteiger partial charge in [0.1, 0.15) is 0 Å². The van der Waals surface area contributed by atoms with E-state index in [1.165, 1.54) is 0 Å². The molecule has 0 fully saturated rings. The number of aromatic nitrogens is 1. The van der Waals surface area contributed by atoms with Crippen LogP contribution < -0.4 is 0 Å². The molecule has 0 saturated heterocycles. The summed E-state index contributed by atoms with van der Waals surface area (Å²) < 4.78 is 0.872. The molecule has 62 valence electrons. The van der Waals surface area contributed by atoms with Crippen LogP contribution in [-0.4, -0.2) is 15.7 Å². The molecule has 0 aromatic carbocycles. The van der Waals surface area contributed by atoms with Crippen molar-refractivity contribution in [2.75, 3.05) is 0 Å². The van der Waals surface area contributed by atoms with Crippen molar-refractivity contribution in [1.82, 2.24) is 4.98 Å². The molecule has 1 heterocycles. The Hall–Kier alpha value is 0.0700. The minimum atomic E-state index is -0.633. The Kier molecular flexibility index (Phi) is 2.67. The van der Waals surface area contributed by atoms with Gasteiger partial charge in [-0.15, -0.1) is 11.3 Å². The molecule has 0 aliphatic heterocycles. The number of hydrogen-bond donors (Lipinski definition) is 1. The highest BCUT2D eigenvalue weighted by atomic mass is 79.9. The summed E-state index contributed by atoms with van der Waals surface area (Å²) in [7, 11) is 0. The maximum absolute atomic E-state index is 9.44. The highest BCUT2D eigenvalue weighted by Crippen LogP contribution is 2.22. The summed E-state index contributed by atoms with van der Waals surface area (Å²) in [4.78, 5) is 5.13. The van der Waals surface area contributed by atoms with Crippen molar-refractivity contribution in [3.63, 3.8) is 0 Å². The molecule has 0 spiro atoms. The maximum Gasteiger partial charge on any atom is 0.159 e. The smallest absolute Gasteiger partial charge is 0.159 e. The molecule has 1 rings (SSSR count). The van der Waals surface area contributed by atoms with Gasteiger partial charge >= 0.3 is 0 Å². The van der Waals surface area contributed by atoms with Crippen molar-refractivity contribution >= 4 is 27.3 Å².